The van der Waals surface area contributed by atoms with Crippen molar-refractivity contribution in [3.05, 3.63) is 12.7 Å². The maximum Gasteiger partial charge on any atom is 1.00 e. The number of carbonyl (C=O) groups is 2. The summed E-state index contributed by atoms with van der Waals surface area (Å²) in [4.78, 5) is 23.6. The molecule has 1 N–H and O–H groups in total. The third-order valence-electron chi connectivity index (χ3n) is 3.69. The first-order valence-electron chi connectivity index (χ1n) is 9.36. The van der Waals surface area contributed by atoms with Gasteiger partial charge < -0.3 is 23.9 Å². The summed E-state index contributed by atoms with van der Waals surface area (Å²) in [7, 11) is -5.13. The van der Waals surface area contributed by atoms with E-state index >= 15 is 0 Å². The minimum Gasteiger partial charge on any atom is -0.747 e. The van der Waals surface area contributed by atoms with E-state index in [-0.39, 0.29) is 49.4 Å². The first kappa shape index (κ1) is 30.7. The SMILES string of the molecule is C=CCOCC(O)COC(=O)C(CC(=O)OCCCCCCCC)S(=O)(=O)[O-].[Na+]. The van der Waals surface area contributed by atoms with Crippen LogP contribution in [-0.2, 0) is 33.9 Å². The standard InChI is InChI=1S/C18H32O9S.Na/c1-3-5-6-7-8-9-11-26-17(20)12-16(28(22,23)24)18(21)27-14-15(19)13-25-10-4-2;/h4,15-16,19H,2-3,5-14H2,1H3,(H,22,23,24);/q;+1/p-1. The van der Waals surface area contributed by atoms with Gasteiger partial charge in [0.1, 0.15) is 22.8 Å². The Morgan fingerprint density at radius 2 is 1.72 bits per heavy atom. The van der Waals surface area contributed by atoms with E-state index in [9.17, 15) is 27.7 Å². The molecule has 0 rings (SSSR count). The van der Waals surface area contributed by atoms with Crippen LogP contribution in [0, 0.1) is 0 Å². The van der Waals surface area contributed by atoms with Gasteiger partial charge in [0, 0.05) is 0 Å². The number of hydrogen-bond donors (Lipinski definition) is 1. The van der Waals surface area contributed by atoms with E-state index in [2.05, 4.69) is 18.2 Å². The van der Waals surface area contributed by atoms with Gasteiger partial charge in [0.15, 0.2) is 5.25 Å². The van der Waals surface area contributed by atoms with Crippen molar-refractivity contribution in [2.45, 2.75) is 63.2 Å². The average molecular weight is 446 g/mol. The molecule has 0 radical (unpaired) electrons. The molecule has 2 atom stereocenters. The maximum absolute atomic E-state index is 11.9. The van der Waals surface area contributed by atoms with Gasteiger partial charge in [-0.2, -0.15) is 0 Å². The molecule has 0 aromatic rings. The van der Waals surface area contributed by atoms with Gasteiger partial charge in [-0.1, -0.05) is 45.1 Å². The topological polar surface area (TPSA) is 139 Å². The van der Waals surface area contributed by atoms with Gasteiger partial charge in [-0.15, -0.1) is 6.58 Å². The van der Waals surface area contributed by atoms with Crippen LogP contribution >= 0.6 is 0 Å². The zero-order valence-corrected chi connectivity index (χ0v) is 20.2. The number of carbonyl (C=O) groups excluding carboxylic acids is 2. The smallest absolute Gasteiger partial charge is 0.747 e. The Kier molecular flexibility index (Phi) is 19.4. The van der Waals surface area contributed by atoms with Crippen LogP contribution in [0.25, 0.3) is 0 Å². The second-order valence-electron chi connectivity index (χ2n) is 6.28. The minimum atomic E-state index is -5.13. The number of aliphatic hydroxyl groups excluding tert-OH is 1. The molecule has 0 saturated carbocycles. The van der Waals surface area contributed by atoms with Crippen molar-refractivity contribution < 1.29 is 71.4 Å². The predicted octanol–water partition coefficient (Wildman–Crippen LogP) is -1.70. The fraction of sp³-hybridized carbons (Fsp3) is 0.778. The van der Waals surface area contributed by atoms with Gasteiger partial charge in [-0.3, -0.25) is 9.59 Å². The van der Waals surface area contributed by atoms with Crippen LogP contribution in [0.4, 0.5) is 0 Å². The second kappa shape index (κ2) is 18.3. The van der Waals surface area contributed by atoms with E-state index in [1.54, 1.807) is 0 Å². The summed E-state index contributed by atoms with van der Waals surface area (Å²) in [6.45, 7) is 5.03. The van der Waals surface area contributed by atoms with Crippen LogP contribution in [0.2, 0.25) is 0 Å². The Morgan fingerprint density at radius 1 is 1.10 bits per heavy atom. The summed E-state index contributed by atoms with van der Waals surface area (Å²) >= 11 is 0. The van der Waals surface area contributed by atoms with Crippen LogP contribution in [0.5, 0.6) is 0 Å². The zero-order valence-electron chi connectivity index (χ0n) is 17.3. The van der Waals surface area contributed by atoms with Crippen molar-refractivity contribution in [2.24, 2.45) is 0 Å². The molecule has 0 saturated heterocycles. The molecule has 0 aliphatic rings. The molecule has 0 amide bonds. The van der Waals surface area contributed by atoms with Crippen molar-refractivity contribution in [3.63, 3.8) is 0 Å². The van der Waals surface area contributed by atoms with Gasteiger partial charge in [0.2, 0.25) is 0 Å². The molecular weight excluding hydrogens is 415 g/mol. The van der Waals surface area contributed by atoms with Crippen LogP contribution < -0.4 is 29.6 Å². The Hall–Kier alpha value is -0.490. The minimum absolute atomic E-state index is 0. The molecule has 0 aliphatic carbocycles. The molecule has 0 aromatic carbocycles. The first-order chi connectivity index (χ1) is 13.2. The molecule has 0 aliphatic heterocycles. The molecule has 29 heavy (non-hydrogen) atoms. The first-order valence-corrected chi connectivity index (χ1v) is 10.8. The second-order valence-corrected chi connectivity index (χ2v) is 7.84. The van der Waals surface area contributed by atoms with E-state index in [1.807, 2.05) is 0 Å². The summed E-state index contributed by atoms with van der Waals surface area (Å²) < 4.78 is 48.3. The molecule has 9 nitrogen and oxygen atoms in total. The van der Waals surface area contributed by atoms with E-state index in [0.717, 1.165) is 32.1 Å². The monoisotopic (exact) mass is 446 g/mol. The zero-order chi connectivity index (χ0) is 21.4. The summed E-state index contributed by atoms with van der Waals surface area (Å²) in [6, 6.07) is 0. The van der Waals surface area contributed by atoms with E-state index < -0.39 is 46.4 Å². The Bertz CT molecular complexity index is 566. The van der Waals surface area contributed by atoms with Crippen LogP contribution in [0.15, 0.2) is 12.7 Å². The Labute approximate surface area is 195 Å². The normalized spacial score (nSPS) is 13.1. The van der Waals surface area contributed by atoms with E-state index in [1.165, 1.54) is 6.08 Å². The van der Waals surface area contributed by atoms with Gasteiger partial charge in [-0.05, 0) is 6.42 Å². The maximum atomic E-state index is 11.9. The predicted molar refractivity (Wildman–Crippen MR) is 100 cm³/mol. The van der Waals surface area contributed by atoms with Crippen molar-refractivity contribution in [2.75, 3.05) is 26.4 Å². The average Bonchev–Trinajstić information content (AvgIpc) is 2.62. The molecule has 164 valence electrons. The van der Waals surface area contributed by atoms with Crippen molar-refractivity contribution in [1.29, 1.82) is 0 Å². The van der Waals surface area contributed by atoms with Crippen molar-refractivity contribution >= 4 is 22.1 Å². The Balaban J connectivity index is 0. The quantitative estimate of drug-likeness (QED) is 0.0911. The number of hydrogen-bond acceptors (Lipinski definition) is 9. The van der Waals surface area contributed by atoms with Crippen LogP contribution in [0.1, 0.15) is 51.9 Å². The third kappa shape index (κ3) is 16.9. The van der Waals surface area contributed by atoms with E-state index in [4.69, 9.17) is 9.47 Å². The molecule has 0 spiro atoms. The largest absolute Gasteiger partial charge is 1.00 e. The van der Waals surface area contributed by atoms with Crippen LogP contribution in [0.3, 0.4) is 0 Å². The number of aliphatic hydroxyl groups is 1. The molecule has 2 unspecified atom stereocenters. The fourth-order valence-electron chi connectivity index (χ4n) is 2.19. The number of unbranched alkanes of at least 4 members (excludes halogenated alkanes) is 5. The van der Waals surface area contributed by atoms with Crippen LogP contribution in [-0.4, -0.2) is 67.8 Å². The summed E-state index contributed by atoms with van der Waals surface area (Å²) in [5, 5.41) is 7.34. The Morgan fingerprint density at radius 3 is 2.31 bits per heavy atom. The summed E-state index contributed by atoms with van der Waals surface area (Å²) in [5.74, 6) is -2.38. The third-order valence-corrected chi connectivity index (χ3v) is 4.74. The van der Waals surface area contributed by atoms with Gasteiger partial charge >= 0.3 is 41.5 Å². The van der Waals surface area contributed by atoms with Crippen molar-refractivity contribution in [1.82, 2.24) is 0 Å². The summed E-state index contributed by atoms with van der Waals surface area (Å²) in [6.07, 6.45) is 5.16. The molecule has 11 heteroatoms. The fourth-order valence-corrected chi connectivity index (χ4v) is 2.83. The molecule has 0 fully saturated rings. The van der Waals surface area contributed by atoms with E-state index in [0.29, 0.717) is 6.42 Å². The van der Waals surface area contributed by atoms with Gasteiger partial charge in [0.25, 0.3) is 0 Å². The van der Waals surface area contributed by atoms with Gasteiger partial charge in [0.05, 0.1) is 26.2 Å². The number of ether oxygens (including phenoxy) is 3. The van der Waals surface area contributed by atoms with Crippen molar-refractivity contribution in [3.8, 4) is 0 Å². The molecular formula is C18H31NaO9S. The summed E-state index contributed by atoms with van der Waals surface area (Å²) in [5.41, 5.74) is 0. The number of rotatable bonds is 17. The molecule has 0 bridgehead atoms. The van der Waals surface area contributed by atoms with Gasteiger partial charge in [-0.25, -0.2) is 8.42 Å². The molecule has 0 heterocycles. The number of esters is 2. The molecule has 0 aromatic heterocycles.